The summed E-state index contributed by atoms with van der Waals surface area (Å²) in [5, 5.41) is 12.8. The van der Waals surface area contributed by atoms with Gasteiger partial charge in [0.05, 0.1) is 0 Å². The largest absolute Gasteiger partial charge is 0.481 e. The van der Waals surface area contributed by atoms with Gasteiger partial charge in [0.1, 0.15) is 0 Å². The van der Waals surface area contributed by atoms with Crippen molar-refractivity contribution in [3.8, 4) is 0 Å². The molecule has 1 aliphatic heterocycles. The number of amides is 2. The average Bonchev–Trinajstić information content (AvgIpc) is 3.08. The van der Waals surface area contributed by atoms with E-state index in [1.807, 2.05) is 69.2 Å². The molecule has 0 saturated carbocycles. The van der Waals surface area contributed by atoms with Gasteiger partial charge in [-0.3, -0.25) is 14.4 Å². The summed E-state index contributed by atoms with van der Waals surface area (Å²) in [7, 11) is 3.93. The van der Waals surface area contributed by atoms with Crippen molar-refractivity contribution in [1.82, 2.24) is 4.90 Å². The van der Waals surface area contributed by atoms with E-state index in [1.54, 1.807) is 24.3 Å². The number of hydrogen-bond acceptors (Lipinski definition) is 4. The summed E-state index contributed by atoms with van der Waals surface area (Å²) in [6.07, 6.45) is 2.15. The second kappa shape index (κ2) is 14.0. The van der Waals surface area contributed by atoms with Crippen LogP contribution in [0, 0.1) is 13.8 Å². The number of carboxylic acid groups (broad SMARTS) is 1. The number of nitrogens with one attached hydrogen (secondary N) is 1. The molecule has 2 atom stereocenters. The van der Waals surface area contributed by atoms with E-state index in [0.29, 0.717) is 34.8 Å². The molecule has 41 heavy (non-hydrogen) atoms. The second-order valence-corrected chi connectivity index (χ2v) is 11.1. The van der Waals surface area contributed by atoms with E-state index in [4.69, 9.17) is 11.6 Å². The number of carboxylic acids is 1. The maximum atomic E-state index is 14.0. The lowest BCUT2D eigenvalue weighted by Gasteiger charge is -2.33. The Bertz CT molecular complexity index is 1430. The Hall–Kier alpha value is -3.39. The van der Waals surface area contributed by atoms with E-state index in [0.717, 1.165) is 35.2 Å². The summed E-state index contributed by atoms with van der Waals surface area (Å²) >= 11 is 6.44. The molecule has 7 nitrogen and oxygen atoms in total. The average molecular weight is 599 g/mol. The first-order valence-electron chi connectivity index (χ1n) is 13.5. The number of nitrogens with zero attached hydrogens (tertiary/aromatic N) is 2. The van der Waals surface area contributed by atoms with Crippen LogP contribution in [0.4, 0.5) is 11.4 Å². The van der Waals surface area contributed by atoms with Crippen LogP contribution in [0.1, 0.15) is 69.0 Å². The number of aryl methyl sites for hydroxylation is 2. The van der Waals surface area contributed by atoms with Crippen LogP contribution < -0.4 is 10.2 Å². The fraction of sp³-hybridized carbons (Fsp3) is 0.344. The molecular weight excluding hydrogens is 561 g/mol. The first-order valence-corrected chi connectivity index (χ1v) is 13.9. The van der Waals surface area contributed by atoms with E-state index in [-0.39, 0.29) is 42.6 Å². The van der Waals surface area contributed by atoms with Crippen LogP contribution in [0.2, 0.25) is 5.02 Å². The van der Waals surface area contributed by atoms with Gasteiger partial charge >= 0.3 is 5.97 Å². The Labute approximate surface area is 252 Å². The minimum Gasteiger partial charge on any atom is -0.481 e. The number of anilines is 2. The van der Waals surface area contributed by atoms with E-state index in [9.17, 15) is 19.5 Å². The van der Waals surface area contributed by atoms with Crippen LogP contribution in [0.3, 0.4) is 0 Å². The maximum Gasteiger partial charge on any atom is 0.303 e. The molecule has 4 rings (SSSR count). The fourth-order valence-corrected chi connectivity index (χ4v) is 5.85. The molecule has 1 heterocycles. The van der Waals surface area contributed by atoms with Crippen molar-refractivity contribution in [2.45, 2.75) is 51.5 Å². The number of likely N-dealkylation sites (N-methyl/N-ethyl adjacent to an activating group) is 1. The normalized spacial score (nSPS) is 15.4. The van der Waals surface area contributed by atoms with Crippen molar-refractivity contribution in [2.75, 3.05) is 30.9 Å². The highest BCUT2D eigenvalue weighted by atomic mass is 35.5. The predicted octanol–water partition coefficient (Wildman–Crippen LogP) is 6.95. The number of fused-ring (bicyclic) bond motifs is 1. The number of rotatable bonds is 8. The summed E-state index contributed by atoms with van der Waals surface area (Å²) < 4.78 is 0. The van der Waals surface area contributed by atoms with E-state index < -0.39 is 5.97 Å². The van der Waals surface area contributed by atoms with Crippen molar-refractivity contribution in [3.63, 3.8) is 0 Å². The van der Waals surface area contributed by atoms with Gasteiger partial charge in [0, 0.05) is 52.4 Å². The minimum atomic E-state index is -0.822. The predicted molar refractivity (Wildman–Crippen MR) is 167 cm³/mol. The SMILES string of the molecule is Cc1ccccc1C(=O)Nc1ccc(C(=O)N2CCCC(C(CCC(=O)O)N(C)C)c3cc(Cl)ccc32)c(C)c1.Cl. The topological polar surface area (TPSA) is 90.0 Å². The number of carbonyl (C=O) groups is 3. The Kier molecular flexibility index (Phi) is 11.0. The molecule has 0 bridgehead atoms. The van der Waals surface area contributed by atoms with Crippen LogP contribution in [-0.4, -0.2) is 54.5 Å². The molecule has 0 radical (unpaired) electrons. The lowest BCUT2D eigenvalue weighted by Crippen LogP contribution is -2.35. The van der Waals surface area contributed by atoms with Crippen LogP contribution in [0.5, 0.6) is 0 Å². The third-order valence-corrected chi connectivity index (χ3v) is 7.94. The van der Waals surface area contributed by atoms with Crippen molar-refractivity contribution < 1.29 is 19.5 Å². The molecule has 0 aromatic heterocycles. The number of carbonyl (C=O) groups excluding carboxylic acids is 2. The van der Waals surface area contributed by atoms with Crippen molar-refractivity contribution in [1.29, 1.82) is 0 Å². The molecule has 0 fully saturated rings. The van der Waals surface area contributed by atoms with Crippen molar-refractivity contribution in [2.24, 2.45) is 0 Å². The maximum absolute atomic E-state index is 14.0. The van der Waals surface area contributed by atoms with Gasteiger partial charge in [-0.15, -0.1) is 12.4 Å². The molecule has 2 amide bonds. The van der Waals surface area contributed by atoms with E-state index in [2.05, 4.69) is 10.2 Å². The Morgan fingerprint density at radius 1 is 1.02 bits per heavy atom. The van der Waals surface area contributed by atoms with Gasteiger partial charge in [0.15, 0.2) is 0 Å². The first-order chi connectivity index (χ1) is 19.1. The van der Waals surface area contributed by atoms with Gasteiger partial charge < -0.3 is 20.2 Å². The Balaban J connectivity index is 0.00000462. The highest BCUT2D eigenvalue weighted by molar-refractivity contribution is 6.30. The molecular formula is C32H37Cl2N3O4. The van der Waals surface area contributed by atoms with Gasteiger partial charge in [-0.1, -0.05) is 29.8 Å². The van der Waals surface area contributed by atoms with Gasteiger partial charge in [-0.05, 0) is 106 Å². The molecule has 0 saturated heterocycles. The lowest BCUT2D eigenvalue weighted by atomic mass is 9.84. The standard InChI is InChI=1S/C32H36ClN3O4.ClH/c1-20-8-5-6-9-24(20)31(39)34-23-12-13-25(21(2)18-23)32(40)36-17-7-10-26(27-19-22(33)11-14-29(27)36)28(35(3)4)15-16-30(37)38;/h5-6,8-9,11-14,18-19,26,28H,7,10,15-17H2,1-4H3,(H,34,39)(H,37,38);1H. The molecule has 3 aromatic carbocycles. The summed E-state index contributed by atoms with van der Waals surface area (Å²) in [6.45, 7) is 4.30. The van der Waals surface area contributed by atoms with Gasteiger partial charge in [0.25, 0.3) is 11.8 Å². The van der Waals surface area contributed by atoms with Crippen LogP contribution in [0.15, 0.2) is 60.7 Å². The van der Waals surface area contributed by atoms with Crippen LogP contribution in [0.25, 0.3) is 0 Å². The van der Waals surface area contributed by atoms with Crippen LogP contribution >= 0.6 is 24.0 Å². The number of hydrogen-bond donors (Lipinski definition) is 2. The van der Waals surface area contributed by atoms with Crippen molar-refractivity contribution >= 4 is 53.2 Å². The number of halogens is 2. The van der Waals surface area contributed by atoms with Crippen molar-refractivity contribution in [3.05, 3.63) is 93.5 Å². The highest BCUT2D eigenvalue weighted by Crippen LogP contribution is 2.41. The highest BCUT2D eigenvalue weighted by Gasteiger charge is 2.33. The molecule has 1 aliphatic rings. The Morgan fingerprint density at radius 3 is 2.41 bits per heavy atom. The number of aliphatic carboxylic acids is 1. The quantitative estimate of drug-likeness (QED) is 0.293. The van der Waals surface area contributed by atoms with Gasteiger partial charge in [0.2, 0.25) is 0 Å². The molecule has 3 aromatic rings. The summed E-state index contributed by atoms with van der Waals surface area (Å²) in [4.78, 5) is 42.0. The smallest absolute Gasteiger partial charge is 0.303 e. The number of benzene rings is 3. The first kappa shape index (κ1) is 32.1. The van der Waals surface area contributed by atoms with Gasteiger partial charge in [-0.2, -0.15) is 0 Å². The monoisotopic (exact) mass is 597 g/mol. The van der Waals surface area contributed by atoms with Crippen LogP contribution in [-0.2, 0) is 4.79 Å². The third kappa shape index (κ3) is 7.47. The molecule has 0 aliphatic carbocycles. The molecule has 9 heteroatoms. The molecule has 2 N–H and O–H groups in total. The lowest BCUT2D eigenvalue weighted by molar-refractivity contribution is -0.137. The Morgan fingerprint density at radius 2 is 1.76 bits per heavy atom. The van der Waals surface area contributed by atoms with Gasteiger partial charge in [-0.25, -0.2) is 0 Å². The zero-order valence-corrected chi connectivity index (χ0v) is 25.4. The van der Waals surface area contributed by atoms with E-state index in [1.165, 1.54) is 0 Å². The molecule has 2 unspecified atom stereocenters. The summed E-state index contributed by atoms with van der Waals surface area (Å²) in [6, 6.07) is 18.3. The molecule has 0 spiro atoms. The molecule has 218 valence electrons. The zero-order valence-electron chi connectivity index (χ0n) is 23.8. The second-order valence-electron chi connectivity index (χ2n) is 10.7. The zero-order chi connectivity index (χ0) is 29.0. The third-order valence-electron chi connectivity index (χ3n) is 7.71. The van der Waals surface area contributed by atoms with E-state index >= 15 is 0 Å². The summed E-state index contributed by atoms with van der Waals surface area (Å²) in [5.74, 6) is -1.11. The minimum absolute atomic E-state index is 0. The fourth-order valence-electron chi connectivity index (χ4n) is 5.67. The summed E-state index contributed by atoms with van der Waals surface area (Å²) in [5.41, 5.74) is 5.20.